The van der Waals surface area contributed by atoms with Gasteiger partial charge in [0.15, 0.2) is 0 Å². The number of benzene rings is 3. The third-order valence-electron chi connectivity index (χ3n) is 4.98. The van der Waals surface area contributed by atoms with E-state index >= 15 is 0 Å². The molecular formula is C24H20NO6+. The molecule has 0 atom stereocenters. The predicted octanol–water partition coefficient (Wildman–Crippen LogP) is 3.60. The van der Waals surface area contributed by atoms with Crippen molar-refractivity contribution in [2.45, 2.75) is 6.54 Å². The van der Waals surface area contributed by atoms with Crippen molar-refractivity contribution in [3.8, 4) is 17.2 Å². The van der Waals surface area contributed by atoms with Gasteiger partial charge in [0.2, 0.25) is 17.6 Å². The van der Waals surface area contributed by atoms with Crippen LogP contribution in [-0.2, 0) is 11.3 Å². The van der Waals surface area contributed by atoms with Crippen LogP contribution < -0.4 is 18.8 Å². The smallest absolute Gasteiger partial charge is 0.370 e. The quantitative estimate of drug-likeness (QED) is 0.223. The SMILES string of the molecule is COc1ccc2c(c1)c(C(=O)Oc1ccccc1)c1cc(OC)ccc1[n+]2CC(=O)O. The number of carboxylic acids is 1. The highest BCUT2D eigenvalue weighted by molar-refractivity contribution is 6.14. The molecule has 7 nitrogen and oxygen atoms in total. The first-order valence-electron chi connectivity index (χ1n) is 9.52. The molecule has 1 heterocycles. The number of carbonyl (C=O) groups excluding carboxylic acids is 1. The van der Waals surface area contributed by atoms with Crippen LogP contribution in [0.15, 0.2) is 66.7 Å². The zero-order valence-corrected chi connectivity index (χ0v) is 17.0. The minimum absolute atomic E-state index is 0.278. The van der Waals surface area contributed by atoms with Gasteiger partial charge in [0.25, 0.3) is 0 Å². The number of pyridine rings is 1. The third-order valence-corrected chi connectivity index (χ3v) is 4.98. The lowest BCUT2D eigenvalue weighted by Gasteiger charge is -2.13. The number of fused-ring (bicyclic) bond motifs is 2. The van der Waals surface area contributed by atoms with Gasteiger partial charge in [-0.15, -0.1) is 0 Å². The Balaban J connectivity index is 2.07. The second kappa shape index (κ2) is 8.31. The van der Waals surface area contributed by atoms with Crippen molar-refractivity contribution >= 4 is 33.7 Å². The number of ether oxygens (including phenoxy) is 3. The molecule has 0 spiro atoms. The van der Waals surface area contributed by atoms with E-state index in [9.17, 15) is 14.7 Å². The largest absolute Gasteiger partial charge is 0.497 e. The molecule has 0 aliphatic rings. The zero-order chi connectivity index (χ0) is 22.0. The molecular weight excluding hydrogens is 398 g/mol. The Morgan fingerprint density at radius 1 is 0.806 bits per heavy atom. The number of esters is 1. The molecule has 1 aromatic heterocycles. The summed E-state index contributed by atoms with van der Waals surface area (Å²) in [5, 5.41) is 10.5. The Bertz CT molecular complexity index is 1240. The molecule has 0 unspecified atom stereocenters. The standard InChI is InChI=1S/C24H19NO6/c1-29-16-8-10-20-18(12-16)23(24(28)31-15-6-4-3-5-7-15)19-13-17(30-2)9-11-21(19)25(20)14-22(26)27/h3-13H,14H2,1-2H3/p+1. The summed E-state index contributed by atoms with van der Waals surface area (Å²) in [4.78, 5) is 24.9. The van der Waals surface area contributed by atoms with Crippen molar-refractivity contribution in [3.63, 3.8) is 0 Å². The summed E-state index contributed by atoms with van der Waals surface area (Å²) in [6, 6.07) is 19.1. The van der Waals surface area contributed by atoms with Crippen LogP contribution in [0, 0.1) is 0 Å². The van der Waals surface area contributed by atoms with E-state index in [1.165, 1.54) is 14.2 Å². The van der Waals surface area contributed by atoms with Gasteiger partial charge in [0.1, 0.15) is 17.2 Å². The fraction of sp³-hybridized carbons (Fsp3) is 0.125. The summed E-state index contributed by atoms with van der Waals surface area (Å²) in [5.41, 5.74) is 1.44. The van der Waals surface area contributed by atoms with Gasteiger partial charge in [0.05, 0.1) is 30.6 Å². The van der Waals surface area contributed by atoms with Gasteiger partial charge in [-0.2, -0.15) is 4.57 Å². The van der Waals surface area contributed by atoms with Crippen molar-refractivity contribution in [1.82, 2.24) is 0 Å². The number of para-hydroxylation sites is 1. The number of aromatic nitrogens is 1. The molecule has 0 aliphatic heterocycles. The topological polar surface area (TPSA) is 85.9 Å². The molecule has 156 valence electrons. The number of nitrogens with zero attached hydrogens (tertiary/aromatic N) is 1. The number of methoxy groups -OCH3 is 2. The molecule has 7 heteroatoms. The third kappa shape index (κ3) is 3.85. The molecule has 31 heavy (non-hydrogen) atoms. The number of hydrogen-bond acceptors (Lipinski definition) is 5. The van der Waals surface area contributed by atoms with Crippen LogP contribution in [0.4, 0.5) is 0 Å². The highest BCUT2D eigenvalue weighted by Crippen LogP contribution is 2.31. The zero-order valence-electron chi connectivity index (χ0n) is 17.0. The second-order valence-corrected chi connectivity index (χ2v) is 6.82. The fourth-order valence-corrected chi connectivity index (χ4v) is 3.60. The molecule has 0 radical (unpaired) electrons. The van der Waals surface area contributed by atoms with Gasteiger partial charge >= 0.3 is 11.9 Å². The van der Waals surface area contributed by atoms with Crippen LogP contribution in [0.5, 0.6) is 17.2 Å². The first-order chi connectivity index (χ1) is 15.0. The highest BCUT2D eigenvalue weighted by atomic mass is 16.5. The van der Waals surface area contributed by atoms with Crippen LogP contribution >= 0.6 is 0 Å². The maximum atomic E-state index is 13.3. The highest BCUT2D eigenvalue weighted by Gasteiger charge is 2.27. The Hall–Kier alpha value is -4.13. The van der Waals surface area contributed by atoms with Gasteiger partial charge in [-0.1, -0.05) is 18.2 Å². The summed E-state index contributed by atoms with van der Waals surface area (Å²) in [7, 11) is 3.05. The summed E-state index contributed by atoms with van der Waals surface area (Å²) >= 11 is 0. The summed E-state index contributed by atoms with van der Waals surface area (Å²) in [5.74, 6) is -0.0957. The van der Waals surface area contributed by atoms with Gasteiger partial charge in [-0.3, -0.25) is 0 Å². The van der Waals surface area contributed by atoms with Gasteiger partial charge in [-0.25, -0.2) is 9.59 Å². The van der Waals surface area contributed by atoms with Crippen LogP contribution in [-0.4, -0.2) is 31.3 Å². The van der Waals surface area contributed by atoms with Crippen molar-refractivity contribution < 1.29 is 33.5 Å². The average Bonchev–Trinajstić information content (AvgIpc) is 2.78. The lowest BCUT2D eigenvalue weighted by molar-refractivity contribution is -0.633. The maximum absolute atomic E-state index is 13.3. The Labute approximate surface area is 178 Å². The van der Waals surface area contributed by atoms with Gasteiger partial charge in [0, 0.05) is 12.1 Å². The second-order valence-electron chi connectivity index (χ2n) is 6.82. The summed E-state index contributed by atoms with van der Waals surface area (Å²) < 4.78 is 18.0. The first-order valence-corrected chi connectivity index (χ1v) is 9.52. The number of carboxylic acid groups (broad SMARTS) is 1. The first kappa shape index (κ1) is 20.2. The average molecular weight is 418 g/mol. The van der Waals surface area contributed by atoms with Gasteiger partial charge in [-0.05, 0) is 36.4 Å². The van der Waals surface area contributed by atoms with Crippen LogP contribution in [0.3, 0.4) is 0 Å². The van der Waals surface area contributed by atoms with E-state index in [4.69, 9.17) is 14.2 Å². The minimum Gasteiger partial charge on any atom is -0.497 e. The predicted molar refractivity (Wildman–Crippen MR) is 114 cm³/mol. The van der Waals surface area contributed by atoms with E-state index in [0.29, 0.717) is 44.6 Å². The molecule has 4 aromatic rings. The molecule has 3 aromatic carbocycles. The van der Waals surface area contributed by atoms with Crippen molar-refractivity contribution in [2.24, 2.45) is 0 Å². The van der Waals surface area contributed by atoms with Crippen LogP contribution in [0.25, 0.3) is 21.8 Å². The number of hydrogen-bond donors (Lipinski definition) is 1. The van der Waals surface area contributed by atoms with Crippen molar-refractivity contribution in [1.29, 1.82) is 0 Å². The number of rotatable bonds is 6. The number of aliphatic carboxylic acids is 1. The van der Waals surface area contributed by atoms with Crippen molar-refractivity contribution in [2.75, 3.05) is 14.2 Å². The molecule has 0 fully saturated rings. The molecule has 1 N–H and O–H groups in total. The van der Waals surface area contributed by atoms with E-state index in [0.717, 1.165) is 0 Å². The molecule has 4 rings (SSSR count). The van der Waals surface area contributed by atoms with Crippen molar-refractivity contribution in [3.05, 3.63) is 72.3 Å². The molecule has 0 amide bonds. The summed E-state index contributed by atoms with van der Waals surface area (Å²) in [6.45, 7) is -0.278. The van der Waals surface area contributed by atoms with Crippen LogP contribution in [0.2, 0.25) is 0 Å². The fourth-order valence-electron chi connectivity index (χ4n) is 3.60. The molecule has 0 saturated carbocycles. The van der Waals surface area contributed by atoms with E-state index in [1.807, 2.05) is 6.07 Å². The Kier molecular flexibility index (Phi) is 5.41. The van der Waals surface area contributed by atoms with Crippen LogP contribution in [0.1, 0.15) is 10.4 Å². The lowest BCUT2D eigenvalue weighted by Crippen LogP contribution is -2.40. The van der Waals surface area contributed by atoms with E-state index < -0.39 is 11.9 Å². The normalized spacial score (nSPS) is 10.8. The van der Waals surface area contributed by atoms with Gasteiger partial charge < -0.3 is 19.3 Å². The molecule has 0 bridgehead atoms. The van der Waals surface area contributed by atoms with E-state index in [1.54, 1.807) is 65.2 Å². The van der Waals surface area contributed by atoms with E-state index in [2.05, 4.69) is 0 Å². The Morgan fingerprint density at radius 2 is 1.35 bits per heavy atom. The maximum Gasteiger partial charge on any atom is 0.370 e. The lowest BCUT2D eigenvalue weighted by atomic mass is 10.0. The number of carbonyl (C=O) groups is 2. The molecule has 0 saturated heterocycles. The van der Waals surface area contributed by atoms with E-state index in [-0.39, 0.29) is 6.54 Å². The Morgan fingerprint density at radius 3 is 1.84 bits per heavy atom. The summed E-state index contributed by atoms with van der Waals surface area (Å²) in [6.07, 6.45) is 0. The minimum atomic E-state index is -1.00. The monoisotopic (exact) mass is 418 g/mol. The molecule has 0 aliphatic carbocycles.